The highest BCUT2D eigenvalue weighted by molar-refractivity contribution is 5.46. The van der Waals surface area contributed by atoms with Crippen LogP contribution in [0.4, 0.5) is 0 Å². The second-order valence-electron chi connectivity index (χ2n) is 0.839. The predicted molar refractivity (Wildman–Crippen MR) is 29.7 cm³/mol. The molecule has 0 rings (SSSR count). The van der Waals surface area contributed by atoms with Crippen molar-refractivity contribution in [1.82, 2.24) is 0 Å². The van der Waals surface area contributed by atoms with Gasteiger partial charge in [-0.1, -0.05) is 5.16 Å². The Morgan fingerprint density at radius 2 is 2.57 bits per heavy atom. The lowest BCUT2D eigenvalue weighted by Crippen LogP contribution is -1.75. The van der Waals surface area contributed by atoms with Crippen LogP contribution in [0.5, 0.6) is 0 Å². The van der Waals surface area contributed by atoms with Gasteiger partial charge in [-0.25, -0.2) is 0 Å². The molecule has 0 radical (unpaired) electrons. The molecule has 7 heavy (non-hydrogen) atoms. The van der Waals surface area contributed by atoms with E-state index in [0.717, 1.165) is 6.54 Å². The summed E-state index contributed by atoms with van der Waals surface area (Å²) in [5.74, 6) is 0. The van der Waals surface area contributed by atoms with Crippen LogP contribution in [0.3, 0.4) is 0 Å². The summed E-state index contributed by atoms with van der Waals surface area (Å²) in [6.45, 7) is 5.69. The van der Waals surface area contributed by atoms with Gasteiger partial charge in [-0.15, -0.1) is 0 Å². The summed E-state index contributed by atoms with van der Waals surface area (Å²) < 4.78 is 0. The Bertz CT molecular complexity index is 70.1. The van der Waals surface area contributed by atoms with Gasteiger partial charge >= 0.3 is 0 Å². The quantitative estimate of drug-likeness (QED) is 0.291. The third kappa shape index (κ3) is 5.14. The molecule has 0 N–H and O–H groups in total. The van der Waals surface area contributed by atoms with E-state index in [9.17, 15) is 0 Å². The molecule has 0 fully saturated rings. The van der Waals surface area contributed by atoms with Crippen LogP contribution in [0.15, 0.2) is 10.1 Å². The van der Waals surface area contributed by atoms with E-state index in [1.54, 1.807) is 0 Å². The van der Waals surface area contributed by atoms with E-state index in [1.807, 2.05) is 6.92 Å². The molecule has 0 aliphatic rings. The van der Waals surface area contributed by atoms with Crippen molar-refractivity contribution in [2.45, 2.75) is 6.92 Å². The molecule has 0 saturated carbocycles. The Kier molecular flexibility index (Phi) is 4.51. The molecule has 0 aromatic carbocycles. The first-order valence-corrected chi connectivity index (χ1v) is 2.02. The molecule has 0 bridgehead atoms. The normalized spacial score (nSPS) is 9.29. The zero-order chi connectivity index (χ0) is 5.54. The van der Waals surface area contributed by atoms with E-state index in [-0.39, 0.29) is 0 Å². The molecule has 0 spiro atoms. The topological polar surface area (TPSA) is 34.0 Å². The number of hydrogen-bond acceptors (Lipinski definition) is 3. The Hall–Kier alpha value is -0.860. The lowest BCUT2D eigenvalue weighted by molar-refractivity contribution is 0.348. The van der Waals surface area contributed by atoms with Crippen molar-refractivity contribution in [2.75, 3.05) is 6.54 Å². The standard InChI is InChI=1S/C4H8N2O/c1-3-6-4-7-5-2/h4H,2-3H2,1H3/b6-4-. The van der Waals surface area contributed by atoms with Crippen LogP contribution in [-0.4, -0.2) is 19.7 Å². The first-order valence-electron chi connectivity index (χ1n) is 2.02. The SMILES string of the molecule is C=NO/C=N\CC. The van der Waals surface area contributed by atoms with Crippen molar-refractivity contribution in [3.8, 4) is 0 Å². The van der Waals surface area contributed by atoms with Crippen LogP contribution in [0.1, 0.15) is 6.92 Å². The molecule has 0 aliphatic carbocycles. The molecule has 0 heterocycles. The Labute approximate surface area is 42.7 Å². The minimum Gasteiger partial charge on any atom is -0.346 e. The zero-order valence-corrected chi connectivity index (χ0v) is 4.29. The average molecular weight is 100 g/mol. The lowest BCUT2D eigenvalue weighted by atomic mass is 10.8. The van der Waals surface area contributed by atoms with E-state index in [2.05, 4.69) is 21.7 Å². The van der Waals surface area contributed by atoms with Gasteiger partial charge in [0.1, 0.15) is 0 Å². The highest BCUT2D eigenvalue weighted by Gasteiger charge is 1.62. The summed E-state index contributed by atoms with van der Waals surface area (Å²) >= 11 is 0. The fourth-order valence-corrected chi connectivity index (χ4v) is 0.141. The molecule has 3 nitrogen and oxygen atoms in total. The molecule has 0 aliphatic heterocycles. The van der Waals surface area contributed by atoms with Crippen molar-refractivity contribution in [3.63, 3.8) is 0 Å². The van der Waals surface area contributed by atoms with Crippen LogP contribution < -0.4 is 0 Å². The van der Waals surface area contributed by atoms with Gasteiger partial charge in [-0.3, -0.25) is 4.99 Å². The number of nitrogens with zero attached hydrogens (tertiary/aromatic N) is 2. The van der Waals surface area contributed by atoms with Crippen LogP contribution >= 0.6 is 0 Å². The molecule has 40 valence electrons. The van der Waals surface area contributed by atoms with Crippen molar-refractivity contribution < 1.29 is 4.84 Å². The second-order valence-corrected chi connectivity index (χ2v) is 0.839. The lowest BCUT2D eigenvalue weighted by Gasteiger charge is -1.79. The van der Waals surface area contributed by atoms with E-state index in [1.165, 1.54) is 6.40 Å². The summed E-state index contributed by atoms with van der Waals surface area (Å²) in [5, 5.41) is 3.07. The minimum absolute atomic E-state index is 0.718. The van der Waals surface area contributed by atoms with Crippen LogP contribution in [0, 0.1) is 0 Å². The van der Waals surface area contributed by atoms with E-state index >= 15 is 0 Å². The van der Waals surface area contributed by atoms with Gasteiger partial charge < -0.3 is 4.84 Å². The Morgan fingerprint density at radius 3 is 3.00 bits per heavy atom. The van der Waals surface area contributed by atoms with Crippen molar-refractivity contribution >= 4 is 13.1 Å². The summed E-state index contributed by atoms with van der Waals surface area (Å²) in [6.07, 6.45) is 1.26. The highest BCUT2D eigenvalue weighted by Crippen LogP contribution is 1.65. The zero-order valence-electron chi connectivity index (χ0n) is 4.29. The first kappa shape index (κ1) is 6.14. The summed E-state index contributed by atoms with van der Waals surface area (Å²) in [7, 11) is 0. The molecule has 0 aromatic heterocycles. The van der Waals surface area contributed by atoms with Crippen LogP contribution in [0.2, 0.25) is 0 Å². The predicted octanol–water partition coefficient (Wildman–Crippen LogP) is 0.667. The highest BCUT2D eigenvalue weighted by atomic mass is 16.6. The van der Waals surface area contributed by atoms with Crippen molar-refractivity contribution in [2.24, 2.45) is 10.1 Å². The molecule has 0 amide bonds. The van der Waals surface area contributed by atoms with Gasteiger partial charge in [-0.05, 0) is 6.92 Å². The van der Waals surface area contributed by atoms with E-state index in [0.29, 0.717) is 0 Å². The Balaban J connectivity index is 2.92. The van der Waals surface area contributed by atoms with Gasteiger partial charge in [0, 0.05) is 13.3 Å². The molecule has 0 unspecified atom stereocenters. The van der Waals surface area contributed by atoms with Crippen molar-refractivity contribution in [1.29, 1.82) is 0 Å². The number of hydrogen-bond donors (Lipinski definition) is 0. The second kappa shape index (κ2) is 5.14. The third-order valence-corrected chi connectivity index (χ3v) is 0.379. The number of aliphatic imine (C=N–C) groups is 1. The molecule has 0 atom stereocenters. The van der Waals surface area contributed by atoms with E-state index < -0.39 is 0 Å². The summed E-state index contributed by atoms with van der Waals surface area (Å²) in [5.41, 5.74) is 0. The van der Waals surface area contributed by atoms with Gasteiger partial charge in [0.05, 0.1) is 0 Å². The number of rotatable bonds is 3. The first-order chi connectivity index (χ1) is 3.41. The maximum atomic E-state index is 4.30. The average Bonchev–Trinajstić information content (AvgIpc) is 1.69. The summed E-state index contributed by atoms with van der Waals surface area (Å²) in [4.78, 5) is 7.98. The fourth-order valence-electron chi connectivity index (χ4n) is 0.141. The molecular weight excluding hydrogens is 92.1 g/mol. The van der Waals surface area contributed by atoms with Gasteiger partial charge in [0.2, 0.25) is 6.40 Å². The third-order valence-electron chi connectivity index (χ3n) is 0.379. The van der Waals surface area contributed by atoms with E-state index in [4.69, 9.17) is 0 Å². The van der Waals surface area contributed by atoms with Gasteiger partial charge in [0.15, 0.2) is 0 Å². The Morgan fingerprint density at radius 1 is 1.86 bits per heavy atom. The molecule has 3 heteroatoms. The number of oxime groups is 1. The van der Waals surface area contributed by atoms with Crippen LogP contribution in [0.25, 0.3) is 0 Å². The smallest absolute Gasteiger partial charge is 0.207 e. The summed E-state index contributed by atoms with van der Waals surface area (Å²) in [6, 6.07) is 0. The molecule has 0 aromatic rings. The monoisotopic (exact) mass is 100 g/mol. The minimum atomic E-state index is 0.718. The molecular formula is C4H8N2O. The maximum Gasteiger partial charge on any atom is 0.207 e. The molecule has 0 saturated heterocycles. The van der Waals surface area contributed by atoms with Gasteiger partial charge in [-0.2, -0.15) is 0 Å². The van der Waals surface area contributed by atoms with Crippen LogP contribution in [-0.2, 0) is 4.84 Å². The van der Waals surface area contributed by atoms with Gasteiger partial charge in [0.25, 0.3) is 0 Å². The maximum absolute atomic E-state index is 4.30. The largest absolute Gasteiger partial charge is 0.346 e. The fraction of sp³-hybridized carbons (Fsp3) is 0.500. The van der Waals surface area contributed by atoms with Crippen molar-refractivity contribution in [3.05, 3.63) is 0 Å².